The van der Waals surface area contributed by atoms with E-state index in [0.717, 1.165) is 66.4 Å². The van der Waals surface area contributed by atoms with Crippen LogP contribution in [-0.4, -0.2) is 9.97 Å². The Morgan fingerprint density at radius 1 is 0.434 bits per heavy atom. The van der Waals surface area contributed by atoms with Crippen LogP contribution in [0.1, 0.15) is 25.0 Å². The van der Waals surface area contributed by atoms with Gasteiger partial charge in [0, 0.05) is 38.3 Å². The molecule has 4 nitrogen and oxygen atoms in total. The summed E-state index contributed by atoms with van der Waals surface area (Å²) < 4.78 is 13.4. The van der Waals surface area contributed by atoms with Crippen molar-refractivity contribution in [2.75, 3.05) is 0 Å². The molecule has 11 rings (SSSR count). The van der Waals surface area contributed by atoms with Crippen LogP contribution in [0.15, 0.2) is 167 Å². The average molecular weight is 681 g/mol. The predicted octanol–water partition coefficient (Wildman–Crippen LogP) is 13.2. The molecule has 250 valence electrons. The Kier molecular flexibility index (Phi) is 6.27. The normalized spacial score (nSPS) is 13.2. The van der Waals surface area contributed by atoms with E-state index < -0.39 is 0 Å². The summed E-state index contributed by atoms with van der Waals surface area (Å²) in [7, 11) is 0. The summed E-state index contributed by atoms with van der Waals surface area (Å²) in [5, 5.41) is 2.99. The summed E-state index contributed by atoms with van der Waals surface area (Å²) in [6.07, 6.45) is 0. The van der Waals surface area contributed by atoms with Gasteiger partial charge < -0.3 is 8.83 Å². The van der Waals surface area contributed by atoms with Gasteiger partial charge in [0.1, 0.15) is 28.0 Å². The molecule has 4 heteroatoms. The summed E-state index contributed by atoms with van der Waals surface area (Å²) >= 11 is 0. The number of nitrogens with zero attached hydrogens (tertiary/aromatic N) is 2. The van der Waals surface area contributed by atoms with Gasteiger partial charge in [-0.15, -0.1) is 0 Å². The van der Waals surface area contributed by atoms with Crippen LogP contribution in [0.3, 0.4) is 0 Å². The van der Waals surface area contributed by atoms with E-state index >= 15 is 0 Å². The maximum atomic E-state index is 6.73. The highest BCUT2D eigenvalue weighted by atomic mass is 16.3. The van der Waals surface area contributed by atoms with E-state index in [1.165, 1.54) is 33.4 Å². The first-order chi connectivity index (χ1) is 26.0. The summed E-state index contributed by atoms with van der Waals surface area (Å²) in [6.45, 7) is 4.61. The van der Waals surface area contributed by atoms with Gasteiger partial charge in [0.05, 0.1) is 0 Å². The fourth-order valence-electron chi connectivity index (χ4n) is 8.47. The van der Waals surface area contributed by atoms with Gasteiger partial charge >= 0.3 is 0 Å². The van der Waals surface area contributed by atoms with E-state index in [1.54, 1.807) is 0 Å². The lowest BCUT2D eigenvalue weighted by atomic mass is 9.82. The first-order valence-corrected chi connectivity index (χ1v) is 18.1. The molecule has 7 aromatic carbocycles. The number of aromatic nitrogens is 2. The van der Waals surface area contributed by atoms with Gasteiger partial charge in [0.2, 0.25) is 0 Å². The maximum Gasteiger partial charge on any atom is 0.180 e. The highest BCUT2D eigenvalue weighted by Crippen LogP contribution is 2.50. The SMILES string of the molecule is CC1(C)c2ccccc2-c2ccc(-c3nc(-c4ccc(-c5ccc(-c6ccccc6)cc5)c5oc6ccccc6c45)c4oc5ccccc5c4n3)cc21. The lowest BCUT2D eigenvalue weighted by Gasteiger charge is -2.21. The van der Waals surface area contributed by atoms with Crippen molar-refractivity contribution in [2.24, 2.45) is 0 Å². The van der Waals surface area contributed by atoms with Crippen molar-refractivity contribution in [3.8, 4) is 56.0 Å². The lowest BCUT2D eigenvalue weighted by molar-refractivity contribution is 0.660. The molecule has 0 unspecified atom stereocenters. The molecule has 0 spiro atoms. The standard InChI is InChI=1S/C49H32N2O2/c1-49(2)39-17-9-6-14-34(39)35-25-24-32(28-40(35)49)48-50-44-37-16-8-11-19-42(37)53-47(44)45(51-48)38-27-26-33(46-43(38)36-15-7-10-18-41(36)52-46)31-22-20-30(21-23-31)29-12-4-3-5-13-29/h3-28H,1-2H3. The van der Waals surface area contributed by atoms with Crippen LogP contribution in [-0.2, 0) is 5.41 Å². The molecule has 0 bridgehead atoms. The zero-order valence-corrected chi connectivity index (χ0v) is 29.2. The first-order valence-electron chi connectivity index (χ1n) is 18.1. The molecule has 0 fully saturated rings. The van der Waals surface area contributed by atoms with Gasteiger partial charge in [-0.2, -0.15) is 0 Å². The molecule has 0 atom stereocenters. The molecular formula is C49H32N2O2. The van der Waals surface area contributed by atoms with Crippen molar-refractivity contribution in [3.05, 3.63) is 169 Å². The Morgan fingerprint density at radius 2 is 1.02 bits per heavy atom. The van der Waals surface area contributed by atoms with Gasteiger partial charge in [-0.3, -0.25) is 0 Å². The smallest absolute Gasteiger partial charge is 0.180 e. The van der Waals surface area contributed by atoms with Gasteiger partial charge in [0.25, 0.3) is 0 Å². The maximum absolute atomic E-state index is 6.73. The molecular weight excluding hydrogens is 649 g/mol. The van der Waals surface area contributed by atoms with E-state index in [-0.39, 0.29) is 5.41 Å². The quantitative estimate of drug-likeness (QED) is 0.186. The van der Waals surface area contributed by atoms with E-state index in [0.29, 0.717) is 11.4 Å². The largest absolute Gasteiger partial charge is 0.455 e. The van der Waals surface area contributed by atoms with Crippen molar-refractivity contribution >= 4 is 44.0 Å². The highest BCUT2D eigenvalue weighted by Gasteiger charge is 2.35. The fourth-order valence-corrected chi connectivity index (χ4v) is 8.47. The van der Waals surface area contributed by atoms with Crippen LogP contribution < -0.4 is 0 Å². The summed E-state index contributed by atoms with van der Waals surface area (Å²) in [5.41, 5.74) is 16.0. The predicted molar refractivity (Wildman–Crippen MR) is 216 cm³/mol. The van der Waals surface area contributed by atoms with Crippen LogP contribution in [0.4, 0.5) is 0 Å². The molecule has 0 radical (unpaired) electrons. The third kappa shape index (κ3) is 4.42. The third-order valence-electron chi connectivity index (χ3n) is 11.1. The van der Waals surface area contributed by atoms with E-state index in [4.69, 9.17) is 18.8 Å². The highest BCUT2D eigenvalue weighted by molar-refractivity contribution is 6.18. The minimum Gasteiger partial charge on any atom is -0.455 e. The molecule has 0 saturated heterocycles. The zero-order valence-electron chi connectivity index (χ0n) is 29.2. The molecule has 0 N–H and O–H groups in total. The lowest BCUT2D eigenvalue weighted by Crippen LogP contribution is -2.15. The first kappa shape index (κ1) is 29.9. The fraction of sp³-hybridized carbons (Fsp3) is 0.0612. The number of furan rings is 2. The number of benzene rings is 7. The van der Waals surface area contributed by atoms with Crippen LogP contribution in [0, 0.1) is 0 Å². The molecule has 10 aromatic rings. The van der Waals surface area contributed by atoms with E-state index in [9.17, 15) is 0 Å². The van der Waals surface area contributed by atoms with Crippen molar-refractivity contribution in [1.82, 2.24) is 9.97 Å². The van der Waals surface area contributed by atoms with Crippen molar-refractivity contribution in [3.63, 3.8) is 0 Å². The van der Waals surface area contributed by atoms with Gasteiger partial charge in [0.15, 0.2) is 11.4 Å². The molecule has 3 aromatic heterocycles. The molecule has 0 saturated carbocycles. The van der Waals surface area contributed by atoms with Crippen LogP contribution in [0.5, 0.6) is 0 Å². The monoisotopic (exact) mass is 680 g/mol. The summed E-state index contributed by atoms with van der Waals surface area (Å²) in [4.78, 5) is 10.6. The topological polar surface area (TPSA) is 52.1 Å². The van der Waals surface area contributed by atoms with Crippen molar-refractivity contribution in [1.29, 1.82) is 0 Å². The number of fused-ring (bicyclic) bond motifs is 9. The number of hydrogen-bond donors (Lipinski definition) is 0. The van der Waals surface area contributed by atoms with Crippen LogP contribution in [0.2, 0.25) is 0 Å². The van der Waals surface area contributed by atoms with Gasteiger partial charge in [-0.25, -0.2) is 9.97 Å². The second-order valence-electron chi connectivity index (χ2n) is 14.5. The molecule has 53 heavy (non-hydrogen) atoms. The Balaban J connectivity index is 1.15. The Hall–Kier alpha value is -6.78. The zero-order chi connectivity index (χ0) is 35.3. The van der Waals surface area contributed by atoms with Crippen molar-refractivity contribution < 1.29 is 8.83 Å². The third-order valence-corrected chi connectivity index (χ3v) is 11.1. The Morgan fingerprint density at radius 3 is 1.85 bits per heavy atom. The van der Waals surface area contributed by atoms with Crippen LogP contribution >= 0.6 is 0 Å². The average Bonchev–Trinajstić information content (AvgIpc) is 3.86. The number of rotatable bonds is 4. The molecule has 3 heterocycles. The second kappa shape index (κ2) is 11.1. The Bertz CT molecular complexity index is 3080. The number of para-hydroxylation sites is 2. The summed E-state index contributed by atoms with van der Waals surface area (Å²) in [6, 6.07) is 55.3. The molecule has 0 amide bonds. The van der Waals surface area contributed by atoms with Gasteiger partial charge in [-0.1, -0.05) is 141 Å². The van der Waals surface area contributed by atoms with E-state index in [2.05, 4.69) is 135 Å². The summed E-state index contributed by atoms with van der Waals surface area (Å²) in [5.74, 6) is 0.662. The molecule has 1 aliphatic rings. The Labute approximate surface area is 306 Å². The van der Waals surface area contributed by atoms with Crippen molar-refractivity contribution in [2.45, 2.75) is 19.3 Å². The number of hydrogen-bond acceptors (Lipinski definition) is 4. The van der Waals surface area contributed by atoms with Crippen LogP contribution in [0.25, 0.3) is 100 Å². The minimum absolute atomic E-state index is 0.145. The van der Waals surface area contributed by atoms with E-state index in [1.807, 2.05) is 36.4 Å². The minimum atomic E-state index is -0.145. The molecule has 0 aliphatic heterocycles. The second-order valence-corrected chi connectivity index (χ2v) is 14.5. The molecule has 1 aliphatic carbocycles. The van der Waals surface area contributed by atoms with Gasteiger partial charge in [-0.05, 0) is 69.3 Å².